The van der Waals surface area contributed by atoms with Gasteiger partial charge in [-0.25, -0.2) is 4.68 Å². The van der Waals surface area contributed by atoms with Gasteiger partial charge < -0.3 is 10.2 Å². The predicted octanol–water partition coefficient (Wildman–Crippen LogP) is 3.30. The van der Waals surface area contributed by atoms with Gasteiger partial charge in [0.1, 0.15) is 0 Å². The van der Waals surface area contributed by atoms with Crippen LogP contribution < -0.4 is 5.32 Å². The molecule has 1 aromatic heterocycles. The molecule has 0 saturated carbocycles. The van der Waals surface area contributed by atoms with Crippen LogP contribution in [0.4, 0.5) is 0 Å². The van der Waals surface area contributed by atoms with Crippen LogP contribution in [0.3, 0.4) is 0 Å². The summed E-state index contributed by atoms with van der Waals surface area (Å²) in [5.74, 6) is -0.195. The number of hydrogen-bond acceptors (Lipinski definition) is 3. The van der Waals surface area contributed by atoms with Gasteiger partial charge in [0.15, 0.2) is 5.69 Å². The first-order chi connectivity index (χ1) is 14.5. The molecule has 1 heterocycles. The minimum Gasteiger partial charge on any atom is -0.355 e. The molecular weight excluding hydrogens is 376 g/mol. The minimum atomic E-state index is -0.122. The van der Waals surface area contributed by atoms with Gasteiger partial charge in [-0.15, -0.1) is 0 Å². The first kappa shape index (κ1) is 19.9. The van der Waals surface area contributed by atoms with E-state index in [0.29, 0.717) is 17.8 Å². The lowest BCUT2D eigenvalue weighted by molar-refractivity contribution is 0.0777. The number of benzene rings is 2. The first-order valence-corrected chi connectivity index (χ1v) is 10.2. The standard InChI is InChI=1S/C24H26N4O2/c1-16-7-4-5-9-20(16)28-21-10-6-8-19(21)22(26-28)24(30)27(3)15-17-11-13-18(14-12-17)23(29)25-2/h4-5,7,9,11-14H,6,8,10,15H2,1-3H3,(H,25,29). The van der Waals surface area contributed by atoms with Gasteiger partial charge in [-0.3, -0.25) is 9.59 Å². The van der Waals surface area contributed by atoms with E-state index in [1.807, 2.05) is 35.0 Å². The Bertz CT molecular complexity index is 1100. The topological polar surface area (TPSA) is 67.2 Å². The summed E-state index contributed by atoms with van der Waals surface area (Å²) in [5, 5.41) is 7.36. The van der Waals surface area contributed by atoms with Crippen molar-refractivity contribution >= 4 is 11.8 Å². The molecule has 6 heteroatoms. The maximum absolute atomic E-state index is 13.2. The normalized spacial score (nSPS) is 12.5. The van der Waals surface area contributed by atoms with Gasteiger partial charge in [-0.05, 0) is 55.5 Å². The Hall–Kier alpha value is -3.41. The molecule has 3 aromatic rings. The lowest BCUT2D eigenvalue weighted by atomic mass is 10.1. The molecule has 1 N–H and O–H groups in total. The Labute approximate surface area is 176 Å². The van der Waals surface area contributed by atoms with Crippen molar-refractivity contribution in [2.45, 2.75) is 32.7 Å². The van der Waals surface area contributed by atoms with Gasteiger partial charge >= 0.3 is 0 Å². The zero-order chi connectivity index (χ0) is 21.3. The highest BCUT2D eigenvalue weighted by atomic mass is 16.2. The second kappa shape index (κ2) is 8.14. The van der Waals surface area contributed by atoms with E-state index in [-0.39, 0.29) is 11.8 Å². The van der Waals surface area contributed by atoms with E-state index in [0.717, 1.165) is 47.3 Å². The third-order valence-corrected chi connectivity index (χ3v) is 5.69. The number of aryl methyl sites for hydroxylation is 1. The lowest BCUT2D eigenvalue weighted by Gasteiger charge is -2.17. The van der Waals surface area contributed by atoms with E-state index in [1.165, 1.54) is 0 Å². The Morgan fingerprint density at radius 2 is 1.83 bits per heavy atom. The Morgan fingerprint density at radius 3 is 2.53 bits per heavy atom. The van der Waals surface area contributed by atoms with Crippen molar-refractivity contribution < 1.29 is 9.59 Å². The van der Waals surface area contributed by atoms with Crippen molar-refractivity contribution in [3.63, 3.8) is 0 Å². The average Bonchev–Trinajstić information content (AvgIpc) is 3.36. The van der Waals surface area contributed by atoms with Gasteiger partial charge in [0.2, 0.25) is 0 Å². The van der Waals surface area contributed by atoms with Gasteiger partial charge in [-0.1, -0.05) is 30.3 Å². The quantitative estimate of drug-likeness (QED) is 0.712. The van der Waals surface area contributed by atoms with Crippen LogP contribution in [0, 0.1) is 6.92 Å². The van der Waals surface area contributed by atoms with Crippen LogP contribution in [0.15, 0.2) is 48.5 Å². The molecule has 1 aliphatic carbocycles. The van der Waals surface area contributed by atoms with Crippen molar-refractivity contribution in [1.29, 1.82) is 0 Å². The van der Waals surface area contributed by atoms with Gasteiger partial charge in [-0.2, -0.15) is 5.10 Å². The summed E-state index contributed by atoms with van der Waals surface area (Å²) in [7, 11) is 3.40. The Kier molecular flexibility index (Phi) is 5.40. The van der Waals surface area contributed by atoms with Crippen LogP contribution in [-0.2, 0) is 19.4 Å². The van der Waals surface area contributed by atoms with Gasteiger partial charge in [0.05, 0.1) is 5.69 Å². The summed E-state index contributed by atoms with van der Waals surface area (Å²) in [6.07, 6.45) is 2.87. The van der Waals surface area contributed by atoms with Crippen LogP contribution in [-0.4, -0.2) is 40.6 Å². The zero-order valence-corrected chi connectivity index (χ0v) is 17.6. The maximum atomic E-state index is 13.2. The molecule has 0 saturated heterocycles. The van der Waals surface area contributed by atoms with Gasteiger partial charge in [0.25, 0.3) is 11.8 Å². The fourth-order valence-electron chi connectivity index (χ4n) is 4.04. The fourth-order valence-corrected chi connectivity index (χ4v) is 4.04. The molecule has 0 radical (unpaired) electrons. The molecular formula is C24H26N4O2. The van der Waals surface area contributed by atoms with Crippen molar-refractivity contribution in [2.75, 3.05) is 14.1 Å². The summed E-state index contributed by atoms with van der Waals surface area (Å²) in [6.45, 7) is 2.52. The number of amides is 2. The fraction of sp³-hybridized carbons (Fsp3) is 0.292. The van der Waals surface area contributed by atoms with Crippen LogP contribution in [0.1, 0.15) is 49.7 Å². The summed E-state index contributed by atoms with van der Waals surface area (Å²) in [5.41, 5.74) is 6.51. The number of fused-ring (bicyclic) bond motifs is 1. The highest BCUT2D eigenvalue weighted by molar-refractivity contribution is 5.95. The number of nitrogens with one attached hydrogen (secondary N) is 1. The minimum absolute atomic E-state index is 0.0733. The van der Waals surface area contributed by atoms with E-state index < -0.39 is 0 Å². The smallest absolute Gasteiger partial charge is 0.274 e. The van der Waals surface area contributed by atoms with E-state index in [4.69, 9.17) is 5.10 Å². The summed E-state index contributed by atoms with van der Waals surface area (Å²) in [4.78, 5) is 26.6. The van der Waals surface area contributed by atoms with E-state index >= 15 is 0 Å². The molecule has 0 unspecified atom stereocenters. The molecule has 0 bridgehead atoms. The van der Waals surface area contributed by atoms with Crippen LogP contribution >= 0.6 is 0 Å². The molecule has 0 atom stereocenters. The number of carbonyl (C=O) groups is 2. The van der Waals surface area contributed by atoms with Crippen LogP contribution in [0.5, 0.6) is 0 Å². The van der Waals surface area contributed by atoms with Crippen molar-refractivity contribution in [1.82, 2.24) is 20.0 Å². The first-order valence-electron chi connectivity index (χ1n) is 10.2. The molecule has 1 aliphatic rings. The molecule has 30 heavy (non-hydrogen) atoms. The van der Waals surface area contributed by atoms with Crippen molar-refractivity contribution in [3.8, 4) is 5.69 Å². The van der Waals surface area contributed by atoms with E-state index in [1.54, 1.807) is 31.1 Å². The van der Waals surface area contributed by atoms with Crippen molar-refractivity contribution in [2.24, 2.45) is 0 Å². The number of aromatic nitrogens is 2. The summed E-state index contributed by atoms with van der Waals surface area (Å²) < 4.78 is 1.96. The molecule has 2 aromatic carbocycles. The molecule has 6 nitrogen and oxygen atoms in total. The van der Waals surface area contributed by atoms with E-state index in [2.05, 4.69) is 18.3 Å². The molecule has 154 valence electrons. The molecule has 0 spiro atoms. The number of carbonyl (C=O) groups excluding carboxylic acids is 2. The maximum Gasteiger partial charge on any atom is 0.274 e. The second-order valence-electron chi connectivity index (χ2n) is 7.76. The number of nitrogens with zero attached hydrogens (tertiary/aromatic N) is 3. The van der Waals surface area contributed by atoms with Crippen LogP contribution in [0.2, 0.25) is 0 Å². The molecule has 4 rings (SSSR count). The molecule has 2 amide bonds. The third kappa shape index (κ3) is 3.61. The molecule has 0 aliphatic heterocycles. The average molecular weight is 402 g/mol. The Morgan fingerprint density at radius 1 is 1.10 bits per heavy atom. The third-order valence-electron chi connectivity index (χ3n) is 5.69. The zero-order valence-electron chi connectivity index (χ0n) is 17.6. The molecule has 0 fully saturated rings. The monoisotopic (exact) mass is 402 g/mol. The van der Waals surface area contributed by atoms with E-state index in [9.17, 15) is 9.59 Å². The number of hydrogen-bond donors (Lipinski definition) is 1. The number of rotatable bonds is 5. The lowest BCUT2D eigenvalue weighted by Crippen LogP contribution is -2.27. The Balaban J connectivity index is 1.58. The summed E-state index contributed by atoms with van der Waals surface area (Å²) in [6, 6.07) is 15.4. The SMILES string of the molecule is CNC(=O)c1ccc(CN(C)C(=O)c2nn(-c3ccccc3C)c3c2CCC3)cc1. The highest BCUT2D eigenvalue weighted by Crippen LogP contribution is 2.29. The largest absolute Gasteiger partial charge is 0.355 e. The second-order valence-corrected chi connectivity index (χ2v) is 7.76. The summed E-state index contributed by atoms with van der Waals surface area (Å²) >= 11 is 0. The number of para-hydroxylation sites is 1. The van der Waals surface area contributed by atoms with Gasteiger partial charge in [0, 0.05) is 37.5 Å². The highest BCUT2D eigenvalue weighted by Gasteiger charge is 2.28. The predicted molar refractivity (Wildman–Crippen MR) is 116 cm³/mol. The van der Waals surface area contributed by atoms with Crippen LogP contribution in [0.25, 0.3) is 5.69 Å². The van der Waals surface area contributed by atoms with Crippen molar-refractivity contribution in [3.05, 3.63) is 82.2 Å².